The molecule has 5 nitrogen and oxygen atoms in total. The van der Waals surface area contributed by atoms with Crippen molar-refractivity contribution in [2.24, 2.45) is 17.6 Å². The first-order valence-electron chi connectivity index (χ1n) is 7.18. The largest absolute Gasteiger partial charge is 0.355 e. The van der Waals surface area contributed by atoms with Crippen LogP contribution in [0.4, 0.5) is 5.95 Å². The first-order valence-corrected chi connectivity index (χ1v) is 7.18. The number of aromatic nitrogens is 3. The number of nitrogens with zero attached hydrogens (tertiary/aromatic N) is 3. The Morgan fingerprint density at radius 1 is 1.28 bits per heavy atom. The zero-order chi connectivity index (χ0) is 12.7. The van der Waals surface area contributed by atoms with Crippen LogP contribution in [0, 0.1) is 11.8 Å². The van der Waals surface area contributed by atoms with Gasteiger partial charge in [0, 0.05) is 25.0 Å². The number of nitrogens with one attached hydrogen (secondary N) is 1. The van der Waals surface area contributed by atoms with E-state index in [1.54, 1.807) is 0 Å². The fourth-order valence-electron chi connectivity index (χ4n) is 3.88. The third kappa shape index (κ3) is 1.64. The van der Waals surface area contributed by atoms with Crippen LogP contribution in [0.15, 0.2) is 0 Å². The van der Waals surface area contributed by atoms with Crippen molar-refractivity contribution in [3.05, 3.63) is 5.82 Å². The Kier molecular flexibility index (Phi) is 3.01. The average Bonchev–Trinajstić information content (AvgIpc) is 3.03. The van der Waals surface area contributed by atoms with E-state index in [-0.39, 0.29) is 6.04 Å². The summed E-state index contributed by atoms with van der Waals surface area (Å²) in [4.78, 5) is 0. The highest BCUT2D eigenvalue weighted by molar-refractivity contribution is 5.28. The van der Waals surface area contributed by atoms with Gasteiger partial charge < -0.3 is 11.1 Å². The molecule has 0 saturated heterocycles. The molecule has 0 spiro atoms. The van der Waals surface area contributed by atoms with Crippen molar-refractivity contribution in [1.29, 1.82) is 0 Å². The minimum atomic E-state index is 0.285. The predicted molar refractivity (Wildman–Crippen MR) is 71.4 cm³/mol. The Morgan fingerprint density at radius 2 is 2.06 bits per heavy atom. The molecule has 18 heavy (non-hydrogen) atoms. The normalized spacial score (nSPS) is 34.2. The zero-order valence-corrected chi connectivity index (χ0v) is 11.3. The average molecular weight is 249 g/mol. The molecular formula is C13H23N5. The summed E-state index contributed by atoms with van der Waals surface area (Å²) in [6.45, 7) is 6.01. The summed E-state index contributed by atoms with van der Waals surface area (Å²) in [5.74, 6) is 3.86. The highest BCUT2D eigenvalue weighted by Crippen LogP contribution is 2.51. The second-order valence-electron chi connectivity index (χ2n) is 5.59. The lowest BCUT2D eigenvalue weighted by molar-refractivity contribution is 0.346. The first kappa shape index (κ1) is 12.0. The molecule has 100 valence electrons. The monoisotopic (exact) mass is 249 g/mol. The number of nitrogens with two attached hydrogens (primary N) is 1. The SMILES string of the molecule is CCNc1nnc(C2C3CCC(C3)C2N)n1CC. The molecule has 1 aromatic rings. The molecule has 3 N–H and O–H groups in total. The molecule has 1 aromatic heterocycles. The molecule has 0 amide bonds. The summed E-state index contributed by atoms with van der Waals surface area (Å²) >= 11 is 0. The summed E-state index contributed by atoms with van der Waals surface area (Å²) in [5, 5.41) is 12.0. The number of hydrogen-bond donors (Lipinski definition) is 2. The van der Waals surface area contributed by atoms with Gasteiger partial charge in [0.1, 0.15) is 5.82 Å². The molecule has 2 saturated carbocycles. The molecule has 2 aliphatic carbocycles. The van der Waals surface area contributed by atoms with Gasteiger partial charge in [-0.15, -0.1) is 10.2 Å². The fourth-order valence-corrected chi connectivity index (χ4v) is 3.88. The van der Waals surface area contributed by atoms with Crippen molar-refractivity contribution in [3.8, 4) is 0 Å². The molecule has 0 radical (unpaired) electrons. The summed E-state index contributed by atoms with van der Waals surface area (Å²) in [6, 6.07) is 0.285. The van der Waals surface area contributed by atoms with Gasteiger partial charge >= 0.3 is 0 Å². The van der Waals surface area contributed by atoms with Crippen LogP contribution >= 0.6 is 0 Å². The standard InChI is InChI=1S/C13H23N5/c1-3-15-13-17-16-12(18(13)4-2)10-8-5-6-9(7-8)11(10)14/h8-11H,3-7,14H2,1-2H3,(H,15,17). The van der Waals surface area contributed by atoms with Crippen LogP contribution in [0.3, 0.4) is 0 Å². The lowest BCUT2D eigenvalue weighted by Crippen LogP contribution is -2.35. The minimum absolute atomic E-state index is 0.285. The Balaban J connectivity index is 1.92. The molecular weight excluding hydrogens is 226 g/mol. The lowest BCUT2D eigenvalue weighted by Gasteiger charge is -2.27. The molecule has 2 fully saturated rings. The molecule has 4 unspecified atom stereocenters. The van der Waals surface area contributed by atoms with Crippen LogP contribution in [0.5, 0.6) is 0 Å². The van der Waals surface area contributed by atoms with Crippen molar-refractivity contribution < 1.29 is 0 Å². The van der Waals surface area contributed by atoms with Gasteiger partial charge in [-0.05, 0) is 44.9 Å². The van der Waals surface area contributed by atoms with Gasteiger partial charge in [-0.2, -0.15) is 0 Å². The third-order valence-corrected chi connectivity index (χ3v) is 4.71. The van der Waals surface area contributed by atoms with E-state index in [9.17, 15) is 0 Å². The number of rotatable bonds is 4. The number of hydrogen-bond acceptors (Lipinski definition) is 4. The Hall–Kier alpha value is -1.10. The van der Waals surface area contributed by atoms with Crippen LogP contribution in [0.1, 0.15) is 44.9 Å². The van der Waals surface area contributed by atoms with E-state index in [4.69, 9.17) is 5.73 Å². The second-order valence-corrected chi connectivity index (χ2v) is 5.59. The quantitative estimate of drug-likeness (QED) is 0.850. The van der Waals surface area contributed by atoms with E-state index in [1.807, 2.05) is 0 Å². The molecule has 1 heterocycles. The molecule has 5 heteroatoms. The highest BCUT2D eigenvalue weighted by atomic mass is 15.4. The van der Waals surface area contributed by atoms with Crippen LogP contribution < -0.4 is 11.1 Å². The molecule has 2 bridgehead atoms. The maximum absolute atomic E-state index is 6.40. The number of fused-ring (bicyclic) bond motifs is 2. The van der Waals surface area contributed by atoms with Crippen molar-refractivity contribution in [1.82, 2.24) is 14.8 Å². The summed E-state index contributed by atoms with van der Waals surface area (Å²) < 4.78 is 2.20. The van der Waals surface area contributed by atoms with Crippen molar-refractivity contribution in [2.75, 3.05) is 11.9 Å². The van der Waals surface area contributed by atoms with E-state index in [2.05, 4.69) is 33.9 Å². The lowest BCUT2D eigenvalue weighted by atomic mass is 9.84. The minimum Gasteiger partial charge on any atom is -0.355 e. The van der Waals surface area contributed by atoms with Crippen molar-refractivity contribution >= 4 is 5.95 Å². The van der Waals surface area contributed by atoms with Gasteiger partial charge in [0.05, 0.1) is 0 Å². The second kappa shape index (κ2) is 4.53. The maximum atomic E-state index is 6.40. The molecule has 0 aromatic carbocycles. The third-order valence-electron chi connectivity index (χ3n) is 4.71. The van der Waals surface area contributed by atoms with E-state index in [0.29, 0.717) is 11.8 Å². The Labute approximate surface area is 108 Å². The molecule has 0 aliphatic heterocycles. The van der Waals surface area contributed by atoms with Gasteiger partial charge in [0.25, 0.3) is 0 Å². The van der Waals surface area contributed by atoms with E-state index < -0.39 is 0 Å². The summed E-state index contributed by atoms with van der Waals surface area (Å²) in [5.41, 5.74) is 6.40. The Morgan fingerprint density at radius 3 is 2.67 bits per heavy atom. The van der Waals surface area contributed by atoms with Gasteiger partial charge in [-0.3, -0.25) is 4.57 Å². The van der Waals surface area contributed by atoms with Gasteiger partial charge in [0.2, 0.25) is 5.95 Å². The Bertz CT molecular complexity index is 425. The maximum Gasteiger partial charge on any atom is 0.224 e. The van der Waals surface area contributed by atoms with Crippen molar-refractivity contribution in [2.45, 2.75) is 51.6 Å². The topological polar surface area (TPSA) is 68.8 Å². The van der Waals surface area contributed by atoms with Crippen LogP contribution in [-0.2, 0) is 6.54 Å². The van der Waals surface area contributed by atoms with Crippen molar-refractivity contribution in [3.63, 3.8) is 0 Å². The van der Waals surface area contributed by atoms with E-state index in [0.717, 1.165) is 30.8 Å². The van der Waals surface area contributed by atoms with Gasteiger partial charge in [0.15, 0.2) is 0 Å². The molecule has 4 atom stereocenters. The predicted octanol–water partition coefficient (Wildman–Crippen LogP) is 1.57. The van der Waals surface area contributed by atoms with E-state index in [1.165, 1.54) is 19.3 Å². The first-order chi connectivity index (χ1) is 8.76. The zero-order valence-electron chi connectivity index (χ0n) is 11.3. The fraction of sp³-hybridized carbons (Fsp3) is 0.846. The van der Waals surface area contributed by atoms with Gasteiger partial charge in [-0.25, -0.2) is 0 Å². The highest BCUT2D eigenvalue weighted by Gasteiger charge is 2.48. The van der Waals surface area contributed by atoms with Crippen LogP contribution in [0.2, 0.25) is 0 Å². The van der Waals surface area contributed by atoms with Crippen LogP contribution in [0.25, 0.3) is 0 Å². The van der Waals surface area contributed by atoms with E-state index >= 15 is 0 Å². The van der Waals surface area contributed by atoms with Crippen LogP contribution in [-0.4, -0.2) is 27.4 Å². The summed E-state index contributed by atoms with van der Waals surface area (Å²) in [7, 11) is 0. The smallest absolute Gasteiger partial charge is 0.224 e. The summed E-state index contributed by atoms with van der Waals surface area (Å²) in [6.07, 6.45) is 3.91. The van der Waals surface area contributed by atoms with Gasteiger partial charge in [-0.1, -0.05) is 0 Å². The number of anilines is 1. The molecule has 3 rings (SSSR count). The molecule has 2 aliphatic rings.